The van der Waals surface area contributed by atoms with E-state index in [4.69, 9.17) is 21.1 Å². The first-order chi connectivity index (χ1) is 20.7. The minimum atomic E-state index is -0.756. The molecule has 220 valence electrons. The molecule has 2 aliphatic rings. The highest BCUT2D eigenvalue weighted by Crippen LogP contribution is 2.53. The number of carbonyl (C=O) groups excluding carboxylic acids is 3. The van der Waals surface area contributed by atoms with Gasteiger partial charge in [0.15, 0.2) is 18.1 Å². The molecule has 6 rings (SSSR count). The summed E-state index contributed by atoms with van der Waals surface area (Å²) >= 11 is 8.28. The van der Waals surface area contributed by atoms with E-state index in [1.165, 1.54) is 16.7 Å². The Bertz CT molecular complexity index is 1770. The van der Waals surface area contributed by atoms with Gasteiger partial charge in [-0.2, -0.15) is 0 Å². The van der Waals surface area contributed by atoms with Gasteiger partial charge in [0, 0.05) is 21.5 Å². The molecule has 3 heterocycles. The Morgan fingerprint density at radius 2 is 1.72 bits per heavy atom. The Morgan fingerprint density at radius 3 is 2.44 bits per heavy atom. The van der Waals surface area contributed by atoms with Crippen LogP contribution in [0.25, 0.3) is 0 Å². The maximum absolute atomic E-state index is 13.9. The lowest BCUT2D eigenvalue weighted by molar-refractivity contribution is -0.122. The molecule has 0 bridgehead atoms. The molecule has 0 spiro atoms. The number of nitrogens with zero attached hydrogens (tertiary/aromatic N) is 1. The van der Waals surface area contributed by atoms with Crippen molar-refractivity contribution in [2.75, 3.05) is 23.4 Å². The van der Waals surface area contributed by atoms with Gasteiger partial charge >= 0.3 is 4.87 Å². The number of benzene rings is 3. The van der Waals surface area contributed by atoms with E-state index >= 15 is 0 Å². The summed E-state index contributed by atoms with van der Waals surface area (Å²) in [6.07, 6.45) is 0. The molecule has 4 aromatic rings. The fraction of sp³-hybridized carbons (Fsp3) is 0.226. The van der Waals surface area contributed by atoms with Gasteiger partial charge < -0.3 is 19.8 Å². The number of imide groups is 1. The van der Waals surface area contributed by atoms with Crippen LogP contribution in [0.4, 0.5) is 11.4 Å². The van der Waals surface area contributed by atoms with Crippen LogP contribution in [0.15, 0.2) is 76.6 Å². The zero-order valence-corrected chi connectivity index (χ0v) is 25.5. The number of fused-ring (bicyclic) bond motifs is 2. The van der Waals surface area contributed by atoms with Crippen LogP contribution in [0.5, 0.6) is 11.5 Å². The lowest BCUT2D eigenvalue weighted by Crippen LogP contribution is -2.32. The van der Waals surface area contributed by atoms with Gasteiger partial charge in [0.05, 0.1) is 23.2 Å². The van der Waals surface area contributed by atoms with Gasteiger partial charge in [-0.3, -0.25) is 19.2 Å². The average Bonchev–Trinajstić information content (AvgIpc) is 3.48. The number of anilines is 2. The van der Waals surface area contributed by atoms with Crippen LogP contribution in [0.2, 0.25) is 5.02 Å². The summed E-state index contributed by atoms with van der Waals surface area (Å²) in [5, 5.41) is 3.14. The van der Waals surface area contributed by atoms with Crippen LogP contribution < -0.4 is 24.6 Å². The monoisotopic (exact) mass is 635 g/mol. The third-order valence-corrected chi connectivity index (χ3v) is 9.88. The molecule has 9 nitrogen and oxygen atoms in total. The molecule has 0 saturated carbocycles. The number of hydrogen-bond acceptors (Lipinski definition) is 8. The molecular formula is C31H26ClN3O6S2. The number of aryl methyl sites for hydroxylation is 1. The number of hydrogen-bond donors (Lipinski definition) is 2. The predicted molar refractivity (Wildman–Crippen MR) is 167 cm³/mol. The lowest BCUT2D eigenvalue weighted by atomic mass is 9.83. The molecule has 0 unspecified atom stereocenters. The molecular weight excluding hydrogens is 610 g/mol. The van der Waals surface area contributed by atoms with Gasteiger partial charge in [-0.1, -0.05) is 58.5 Å². The number of ether oxygens (including phenoxy) is 2. The number of halogens is 1. The zero-order valence-electron chi connectivity index (χ0n) is 23.1. The molecule has 1 saturated heterocycles. The molecule has 1 fully saturated rings. The van der Waals surface area contributed by atoms with Crippen molar-refractivity contribution in [1.29, 1.82) is 0 Å². The number of aromatic amines is 1. The van der Waals surface area contributed by atoms with Gasteiger partial charge in [0.2, 0.25) is 11.8 Å². The fourth-order valence-corrected chi connectivity index (χ4v) is 7.94. The van der Waals surface area contributed by atoms with E-state index in [9.17, 15) is 19.2 Å². The molecule has 12 heteroatoms. The SMILES string of the molecule is CCOc1cc([C@@H]2c3sc(=O)[nH]c3S[C@H]3C(=O)N(c4ccc(Cl)cc4)C(=O)[C@@H]23)ccc1OCC(=O)Nc1ccc(C)cc1. The Balaban J connectivity index is 1.31. The highest BCUT2D eigenvalue weighted by molar-refractivity contribution is 8.00. The van der Waals surface area contributed by atoms with Crippen molar-refractivity contribution in [1.82, 2.24) is 4.98 Å². The molecule has 0 radical (unpaired) electrons. The van der Waals surface area contributed by atoms with Crippen molar-refractivity contribution < 1.29 is 23.9 Å². The summed E-state index contributed by atoms with van der Waals surface area (Å²) in [7, 11) is 0. The second-order valence-electron chi connectivity index (χ2n) is 10.1. The van der Waals surface area contributed by atoms with Crippen molar-refractivity contribution in [3.8, 4) is 11.5 Å². The molecule has 3 aromatic carbocycles. The molecule has 3 atom stereocenters. The first kappa shape index (κ1) is 29.0. The van der Waals surface area contributed by atoms with E-state index in [-0.39, 0.29) is 29.2 Å². The number of thioether (sulfide) groups is 1. The normalized spacial score (nSPS) is 19.1. The molecule has 1 aromatic heterocycles. The van der Waals surface area contributed by atoms with Crippen molar-refractivity contribution in [2.45, 2.75) is 30.0 Å². The standard InChI is InChI=1S/C31H26ClN3O6S2/c1-3-40-22-14-17(6-13-21(22)41-15-23(36)33-19-9-4-16(2)5-10-19)24-25-27(42-28-26(24)43-31(39)34-28)30(38)35(29(25)37)20-11-7-18(32)8-12-20/h4-14,24-25,27H,3,15H2,1-2H3,(H,33,36)(H,34,39)/t24-,25-,27+/m0/s1. The number of aromatic nitrogens is 1. The molecule has 0 aliphatic carbocycles. The van der Waals surface area contributed by atoms with Crippen molar-refractivity contribution in [2.24, 2.45) is 5.92 Å². The molecule has 2 N–H and O–H groups in total. The topological polar surface area (TPSA) is 118 Å². The molecule has 43 heavy (non-hydrogen) atoms. The Labute approximate surface area is 260 Å². The summed E-state index contributed by atoms with van der Waals surface area (Å²) in [5.41, 5.74) is 2.87. The van der Waals surface area contributed by atoms with E-state index in [0.717, 1.165) is 16.9 Å². The summed E-state index contributed by atoms with van der Waals surface area (Å²) < 4.78 is 11.7. The predicted octanol–water partition coefficient (Wildman–Crippen LogP) is 5.61. The van der Waals surface area contributed by atoms with Crippen molar-refractivity contribution in [3.63, 3.8) is 0 Å². The van der Waals surface area contributed by atoms with Gasteiger partial charge in [-0.05, 0) is 67.9 Å². The van der Waals surface area contributed by atoms with Crippen LogP contribution in [0.1, 0.15) is 28.8 Å². The Kier molecular flexibility index (Phi) is 8.04. The largest absolute Gasteiger partial charge is 0.490 e. The maximum atomic E-state index is 13.9. The minimum absolute atomic E-state index is 0.245. The number of nitrogens with one attached hydrogen (secondary N) is 2. The molecule has 3 amide bonds. The smallest absolute Gasteiger partial charge is 0.305 e. The highest BCUT2D eigenvalue weighted by Gasteiger charge is 2.56. The summed E-state index contributed by atoms with van der Waals surface area (Å²) in [6, 6.07) is 19.2. The third kappa shape index (κ3) is 5.67. The maximum Gasteiger partial charge on any atom is 0.305 e. The zero-order chi connectivity index (χ0) is 30.2. The van der Waals surface area contributed by atoms with E-state index < -0.39 is 17.1 Å². The van der Waals surface area contributed by atoms with E-state index in [2.05, 4.69) is 10.3 Å². The Hall–Kier alpha value is -4.06. The van der Waals surface area contributed by atoms with Gasteiger partial charge in [-0.25, -0.2) is 4.90 Å². The number of thiazole rings is 1. The van der Waals surface area contributed by atoms with Gasteiger partial charge in [0.25, 0.3) is 5.91 Å². The quantitative estimate of drug-likeness (QED) is 0.242. The average molecular weight is 636 g/mol. The van der Waals surface area contributed by atoms with Crippen LogP contribution >= 0.6 is 34.7 Å². The summed E-state index contributed by atoms with van der Waals surface area (Å²) in [6.45, 7) is 3.87. The second-order valence-corrected chi connectivity index (χ2v) is 12.7. The van der Waals surface area contributed by atoms with Crippen LogP contribution in [-0.4, -0.2) is 41.2 Å². The minimum Gasteiger partial charge on any atom is -0.490 e. The van der Waals surface area contributed by atoms with Crippen LogP contribution in [-0.2, 0) is 14.4 Å². The Morgan fingerprint density at radius 1 is 0.977 bits per heavy atom. The van der Waals surface area contributed by atoms with E-state index in [1.807, 2.05) is 38.1 Å². The lowest BCUT2D eigenvalue weighted by Gasteiger charge is -2.30. The third-order valence-electron chi connectivity index (χ3n) is 7.23. The van der Waals surface area contributed by atoms with E-state index in [1.54, 1.807) is 42.5 Å². The number of H-pyrrole nitrogens is 1. The van der Waals surface area contributed by atoms with Gasteiger partial charge in [0.1, 0.15) is 5.25 Å². The number of amides is 3. The first-order valence-electron chi connectivity index (χ1n) is 13.5. The first-order valence-corrected chi connectivity index (χ1v) is 15.6. The van der Waals surface area contributed by atoms with Gasteiger partial charge in [-0.15, -0.1) is 0 Å². The van der Waals surface area contributed by atoms with Crippen LogP contribution in [0, 0.1) is 12.8 Å². The van der Waals surface area contributed by atoms with E-state index in [0.29, 0.717) is 50.0 Å². The van der Waals surface area contributed by atoms with Crippen molar-refractivity contribution in [3.05, 3.63) is 97.4 Å². The highest BCUT2D eigenvalue weighted by atomic mass is 35.5. The molecule has 2 aliphatic heterocycles. The second kappa shape index (κ2) is 11.9. The summed E-state index contributed by atoms with van der Waals surface area (Å²) in [4.78, 5) is 57.0. The van der Waals surface area contributed by atoms with Crippen LogP contribution in [0.3, 0.4) is 0 Å². The summed E-state index contributed by atoms with van der Waals surface area (Å²) in [5.74, 6) is -1.64. The fourth-order valence-electron chi connectivity index (χ4n) is 5.30. The number of rotatable bonds is 8. The number of carbonyl (C=O) groups is 3. The van der Waals surface area contributed by atoms with Crippen molar-refractivity contribution >= 4 is 63.8 Å².